The fraction of sp³-hybridized carbons (Fsp3) is 0.417. The third-order valence-corrected chi connectivity index (χ3v) is 3.82. The number of carbonyl (C=O) groups excluding carboxylic acids is 1. The maximum absolute atomic E-state index is 13.3. The van der Waals surface area contributed by atoms with Crippen molar-refractivity contribution in [3.8, 4) is 0 Å². The Morgan fingerprint density at radius 2 is 2.12 bits per heavy atom. The molecule has 1 aromatic rings. The number of carbonyl (C=O) groups is 1. The van der Waals surface area contributed by atoms with Crippen LogP contribution >= 0.6 is 0 Å². The minimum absolute atomic E-state index is 0.119. The lowest BCUT2D eigenvalue weighted by atomic mass is 10.2. The number of halogens is 1. The summed E-state index contributed by atoms with van der Waals surface area (Å²) < 4.78 is 29.6. The maximum Gasteiger partial charge on any atom is 0.309 e. The van der Waals surface area contributed by atoms with E-state index in [-0.39, 0.29) is 17.3 Å². The fourth-order valence-corrected chi connectivity index (χ4v) is 2.79. The summed E-state index contributed by atoms with van der Waals surface area (Å²) >= 11 is 0. The second-order valence-electron chi connectivity index (χ2n) is 3.77. The monoisotopic (exact) mass is 258 g/mol. The second-order valence-corrected chi connectivity index (χ2v) is 5.27. The van der Waals surface area contributed by atoms with Gasteiger partial charge >= 0.3 is 5.97 Å². The topological polar surface area (TPSA) is 43.4 Å². The average Bonchev–Trinajstić information content (AvgIpc) is 2.31. The van der Waals surface area contributed by atoms with E-state index in [9.17, 15) is 13.4 Å². The van der Waals surface area contributed by atoms with Gasteiger partial charge < -0.3 is 4.74 Å². The van der Waals surface area contributed by atoms with E-state index in [0.29, 0.717) is 5.56 Å². The van der Waals surface area contributed by atoms with Gasteiger partial charge in [0.2, 0.25) is 0 Å². The van der Waals surface area contributed by atoms with Crippen molar-refractivity contribution in [1.29, 1.82) is 0 Å². The summed E-state index contributed by atoms with van der Waals surface area (Å²) in [6.45, 7) is 1.64. The van der Waals surface area contributed by atoms with Gasteiger partial charge in [0.05, 0.1) is 18.8 Å². The van der Waals surface area contributed by atoms with E-state index in [1.54, 1.807) is 25.1 Å². The summed E-state index contributed by atoms with van der Waals surface area (Å²) in [6.07, 6.45) is 0. The molecule has 0 amide bonds. The van der Waals surface area contributed by atoms with Crippen molar-refractivity contribution in [2.45, 2.75) is 12.7 Å². The molecule has 5 heteroatoms. The van der Waals surface area contributed by atoms with E-state index in [1.807, 2.05) is 0 Å². The minimum Gasteiger partial charge on any atom is -0.469 e. The summed E-state index contributed by atoms with van der Waals surface area (Å²) in [6, 6.07) is 6.20. The number of methoxy groups -OCH3 is 1. The van der Waals surface area contributed by atoms with E-state index in [4.69, 9.17) is 0 Å². The van der Waals surface area contributed by atoms with E-state index in [2.05, 4.69) is 4.74 Å². The van der Waals surface area contributed by atoms with Crippen molar-refractivity contribution >= 4 is 16.8 Å². The molecule has 0 N–H and O–H groups in total. The molecule has 0 aliphatic carbocycles. The molecular weight excluding hydrogens is 243 g/mol. The van der Waals surface area contributed by atoms with Crippen molar-refractivity contribution in [3.63, 3.8) is 0 Å². The van der Waals surface area contributed by atoms with Crippen LogP contribution < -0.4 is 0 Å². The Morgan fingerprint density at radius 1 is 1.47 bits per heavy atom. The summed E-state index contributed by atoms with van der Waals surface area (Å²) in [7, 11) is 0.0159. The first kappa shape index (κ1) is 13.8. The summed E-state index contributed by atoms with van der Waals surface area (Å²) in [4.78, 5) is 11.1. The number of esters is 1. The molecule has 0 fully saturated rings. The van der Waals surface area contributed by atoms with Crippen molar-refractivity contribution in [2.75, 3.05) is 12.9 Å². The van der Waals surface area contributed by atoms with Gasteiger partial charge in [0.25, 0.3) is 0 Å². The first-order valence-electron chi connectivity index (χ1n) is 5.20. The molecule has 0 saturated carbocycles. The number of hydrogen-bond donors (Lipinski definition) is 0. The standard InChI is InChI=1S/C12H15FO3S/c1-9(12(14)16-2)7-17(15)8-10-5-3-4-6-11(10)13/h3-6,9H,7-8H2,1-2H3. The largest absolute Gasteiger partial charge is 0.469 e. The second kappa shape index (κ2) is 6.49. The summed E-state index contributed by atoms with van der Waals surface area (Å²) in [5.41, 5.74) is 0.405. The van der Waals surface area contributed by atoms with Crippen LogP contribution in [-0.2, 0) is 26.1 Å². The number of benzene rings is 1. The molecule has 1 aromatic carbocycles. The van der Waals surface area contributed by atoms with Gasteiger partial charge in [-0.05, 0) is 6.07 Å². The molecule has 0 heterocycles. The third kappa shape index (κ3) is 4.26. The molecule has 0 bridgehead atoms. The van der Waals surface area contributed by atoms with Crippen LogP contribution in [0.1, 0.15) is 12.5 Å². The molecule has 2 unspecified atom stereocenters. The molecular formula is C12H15FO3S. The van der Waals surface area contributed by atoms with Crippen molar-refractivity contribution < 1.29 is 18.1 Å². The van der Waals surface area contributed by atoms with Crippen molar-refractivity contribution in [2.24, 2.45) is 5.92 Å². The summed E-state index contributed by atoms with van der Waals surface area (Å²) in [5.74, 6) is -0.902. The Hall–Kier alpha value is -1.23. The van der Waals surface area contributed by atoms with Crippen LogP contribution in [0.2, 0.25) is 0 Å². The van der Waals surface area contributed by atoms with Crippen LogP contribution in [0.3, 0.4) is 0 Å². The highest BCUT2D eigenvalue weighted by Crippen LogP contribution is 2.11. The van der Waals surface area contributed by atoms with E-state index in [1.165, 1.54) is 13.2 Å². The zero-order valence-corrected chi connectivity index (χ0v) is 10.6. The molecule has 0 spiro atoms. The quantitative estimate of drug-likeness (QED) is 0.757. The molecule has 0 radical (unpaired) electrons. The van der Waals surface area contributed by atoms with E-state index < -0.39 is 22.7 Å². The Bertz CT molecular complexity index is 420. The average molecular weight is 258 g/mol. The Morgan fingerprint density at radius 3 is 2.71 bits per heavy atom. The predicted molar refractivity (Wildman–Crippen MR) is 64.3 cm³/mol. The molecule has 0 aliphatic heterocycles. The number of ether oxygens (including phenoxy) is 1. The highest BCUT2D eigenvalue weighted by molar-refractivity contribution is 7.84. The van der Waals surface area contributed by atoms with Gasteiger partial charge in [0, 0.05) is 22.1 Å². The lowest BCUT2D eigenvalue weighted by Crippen LogP contribution is -2.20. The van der Waals surface area contributed by atoms with Crippen LogP contribution in [0.5, 0.6) is 0 Å². The van der Waals surface area contributed by atoms with Crippen molar-refractivity contribution in [3.05, 3.63) is 35.6 Å². The molecule has 94 valence electrons. The molecule has 0 aromatic heterocycles. The van der Waals surface area contributed by atoms with Gasteiger partial charge in [0.1, 0.15) is 5.82 Å². The molecule has 0 saturated heterocycles. The van der Waals surface area contributed by atoms with Crippen LogP contribution in [-0.4, -0.2) is 23.0 Å². The SMILES string of the molecule is COC(=O)C(C)CS(=O)Cc1ccccc1F. The van der Waals surface area contributed by atoms with Crippen LogP contribution in [0.25, 0.3) is 0 Å². The molecule has 17 heavy (non-hydrogen) atoms. The minimum atomic E-state index is -1.27. The first-order chi connectivity index (χ1) is 8.04. The highest BCUT2D eigenvalue weighted by Gasteiger charge is 2.17. The third-order valence-electron chi connectivity index (χ3n) is 2.31. The highest BCUT2D eigenvalue weighted by atomic mass is 32.2. The fourth-order valence-electron chi connectivity index (χ4n) is 1.40. The first-order valence-corrected chi connectivity index (χ1v) is 6.69. The van der Waals surface area contributed by atoms with Crippen LogP contribution in [0, 0.1) is 11.7 Å². The Kier molecular flexibility index (Phi) is 5.28. The lowest BCUT2D eigenvalue weighted by Gasteiger charge is -2.09. The van der Waals surface area contributed by atoms with Crippen LogP contribution in [0.4, 0.5) is 4.39 Å². The van der Waals surface area contributed by atoms with E-state index >= 15 is 0 Å². The molecule has 3 nitrogen and oxygen atoms in total. The molecule has 0 aliphatic rings. The summed E-state index contributed by atoms with van der Waals surface area (Å²) in [5, 5.41) is 0. The lowest BCUT2D eigenvalue weighted by molar-refractivity contribution is -0.144. The van der Waals surface area contributed by atoms with Crippen LogP contribution in [0.15, 0.2) is 24.3 Å². The smallest absolute Gasteiger partial charge is 0.309 e. The zero-order chi connectivity index (χ0) is 12.8. The van der Waals surface area contributed by atoms with Gasteiger partial charge in [-0.15, -0.1) is 0 Å². The van der Waals surface area contributed by atoms with Gasteiger partial charge in [-0.25, -0.2) is 4.39 Å². The molecule has 1 rings (SSSR count). The normalized spacial score (nSPS) is 14.1. The predicted octanol–water partition coefficient (Wildman–Crippen LogP) is 1.88. The Balaban J connectivity index is 2.56. The molecule has 2 atom stereocenters. The van der Waals surface area contributed by atoms with E-state index in [0.717, 1.165) is 0 Å². The van der Waals surface area contributed by atoms with Gasteiger partial charge in [-0.3, -0.25) is 9.00 Å². The number of hydrogen-bond acceptors (Lipinski definition) is 3. The number of rotatable bonds is 5. The zero-order valence-electron chi connectivity index (χ0n) is 9.81. The maximum atomic E-state index is 13.3. The Labute approximate surface area is 102 Å². The van der Waals surface area contributed by atoms with Gasteiger partial charge in [-0.2, -0.15) is 0 Å². The van der Waals surface area contributed by atoms with Gasteiger partial charge in [0.15, 0.2) is 0 Å². The van der Waals surface area contributed by atoms with Gasteiger partial charge in [-0.1, -0.05) is 25.1 Å². The van der Waals surface area contributed by atoms with Crippen molar-refractivity contribution in [1.82, 2.24) is 0 Å².